The standard InChI is InChI=1S/C25H21ClN2O4/c1-31-24-21(25(30)32-2)12-17-10-19(26)11-18(23(17)28-24)14-27-22(29)13-16-8-5-7-15-6-3-4-9-20(15)16/h3-12H,13-14H2,1-2H3,(H,27,29). The van der Waals surface area contributed by atoms with Crippen LogP contribution < -0.4 is 10.1 Å². The van der Waals surface area contributed by atoms with E-state index in [1.165, 1.54) is 14.2 Å². The monoisotopic (exact) mass is 448 g/mol. The SMILES string of the molecule is COC(=O)c1cc2cc(Cl)cc(CNC(=O)Cc3cccc4ccccc34)c2nc1OC. The highest BCUT2D eigenvalue weighted by Crippen LogP contribution is 2.28. The Bertz CT molecular complexity index is 1330. The number of amides is 1. The maximum absolute atomic E-state index is 12.7. The number of hydrogen-bond donors (Lipinski definition) is 1. The largest absolute Gasteiger partial charge is 0.480 e. The van der Waals surface area contributed by atoms with Gasteiger partial charge in [0.05, 0.1) is 26.2 Å². The number of nitrogens with zero attached hydrogens (tertiary/aromatic N) is 1. The summed E-state index contributed by atoms with van der Waals surface area (Å²) in [6.07, 6.45) is 0.253. The van der Waals surface area contributed by atoms with E-state index in [1.807, 2.05) is 42.5 Å². The number of esters is 1. The van der Waals surface area contributed by atoms with Crippen molar-refractivity contribution in [3.05, 3.63) is 82.4 Å². The average Bonchev–Trinajstić information content (AvgIpc) is 2.81. The summed E-state index contributed by atoms with van der Waals surface area (Å²) in [4.78, 5) is 29.2. The van der Waals surface area contributed by atoms with E-state index in [-0.39, 0.29) is 30.3 Å². The van der Waals surface area contributed by atoms with Crippen LogP contribution in [0.15, 0.2) is 60.7 Å². The molecule has 0 fully saturated rings. The van der Waals surface area contributed by atoms with Crippen LogP contribution >= 0.6 is 11.6 Å². The molecule has 4 rings (SSSR count). The van der Waals surface area contributed by atoms with Crippen LogP contribution in [0.4, 0.5) is 0 Å². The van der Waals surface area contributed by atoms with Crippen LogP contribution in [0.1, 0.15) is 21.5 Å². The molecule has 0 atom stereocenters. The number of hydrogen-bond acceptors (Lipinski definition) is 5. The highest BCUT2D eigenvalue weighted by atomic mass is 35.5. The molecule has 32 heavy (non-hydrogen) atoms. The summed E-state index contributed by atoms with van der Waals surface area (Å²) in [7, 11) is 2.73. The number of halogens is 1. The van der Waals surface area contributed by atoms with E-state index in [2.05, 4.69) is 10.3 Å². The van der Waals surface area contributed by atoms with Crippen molar-refractivity contribution >= 4 is 45.2 Å². The molecule has 1 N–H and O–H groups in total. The van der Waals surface area contributed by atoms with Gasteiger partial charge in [-0.25, -0.2) is 9.78 Å². The van der Waals surface area contributed by atoms with Crippen LogP contribution in [0.25, 0.3) is 21.7 Å². The molecule has 0 bridgehead atoms. The first-order valence-corrected chi connectivity index (χ1v) is 10.4. The number of nitrogens with one attached hydrogen (secondary N) is 1. The van der Waals surface area contributed by atoms with Gasteiger partial charge in [0.2, 0.25) is 11.8 Å². The predicted octanol–water partition coefficient (Wildman–Crippen LogP) is 4.70. The van der Waals surface area contributed by atoms with Gasteiger partial charge in [0.25, 0.3) is 0 Å². The fourth-order valence-corrected chi connectivity index (χ4v) is 3.98. The van der Waals surface area contributed by atoms with E-state index in [4.69, 9.17) is 21.1 Å². The number of methoxy groups -OCH3 is 2. The average molecular weight is 449 g/mol. The molecular weight excluding hydrogens is 428 g/mol. The first-order chi connectivity index (χ1) is 15.5. The minimum absolute atomic E-state index is 0.118. The van der Waals surface area contributed by atoms with Crippen molar-refractivity contribution in [2.24, 2.45) is 0 Å². The summed E-state index contributed by atoms with van der Waals surface area (Å²) in [6.45, 7) is 0.231. The van der Waals surface area contributed by atoms with E-state index in [0.29, 0.717) is 21.5 Å². The van der Waals surface area contributed by atoms with Crippen LogP contribution in [-0.4, -0.2) is 31.1 Å². The number of aromatic nitrogens is 1. The molecule has 0 saturated carbocycles. The quantitative estimate of drug-likeness (QED) is 0.433. The number of benzene rings is 3. The van der Waals surface area contributed by atoms with Crippen molar-refractivity contribution in [1.82, 2.24) is 10.3 Å². The Hall–Kier alpha value is -3.64. The lowest BCUT2D eigenvalue weighted by Crippen LogP contribution is -2.25. The third kappa shape index (κ3) is 4.36. The molecular formula is C25H21ClN2O4. The molecule has 162 valence electrons. The molecule has 0 aliphatic rings. The molecule has 7 heteroatoms. The second-order valence-electron chi connectivity index (χ2n) is 7.27. The zero-order chi connectivity index (χ0) is 22.7. The van der Waals surface area contributed by atoms with Crippen molar-refractivity contribution in [1.29, 1.82) is 0 Å². The highest BCUT2D eigenvalue weighted by molar-refractivity contribution is 6.31. The number of fused-ring (bicyclic) bond motifs is 2. The summed E-state index contributed by atoms with van der Waals surface area (Å²) >= 11 is 6.29. The molecule has 1 heterocycles. The van der Waals surface area contributed by atoms with Gasteiger partial charge < -0.3 is 14.8 Å². The first-order valence-electron chi connectivity index (χ1n) is 9.99. The molecule has 3 aromatic carbocycles. The van der Waals surface area contributed by atoms with Crippen LogP contribution in [-0.2, 0) is 22.5 Å². The molecule has 0 spiro atoms. The summed E-state index contributed by atoms with van der Waals surface area (Å²) in [5.41, 5.74) is 2.47. The van der Waals surface area contributed by atoms with E-state index >= 15 is 0 Å². The van der Waals surface area contributed by atoms with E-state index in [1.54, 1.807) is 18.2 Å². The maximum Gasteiger partial charge on any atom is 0.343 e. The summed E-state index contributed by atoms with van der Waals surface area (Å²) in [5, 5.41) is 6.22. The third-order valence-electron chi connectivity index (χ3n) is 5.23. The Labute approximate surface area is 190 Å². The van der Waals surface area contributed by atoms with Crippen molar-refractivity contribution in [3.8, 4) is 5.88 Å². The lowest BCUT2D eigenvalue weighted by molar-refractivity contribution is -0.120. The topological polar surface area (TPSA) is 77.5 Å². The molecule has 0 unspecified atom stereocenters. The Balaban J connectivity index is 1.59. The van der Waals surface area contributed by atoms with Crippen molar-refractivity contribution < 1.29 is 19.1 Å². The van der Waals surface area contributed by atoms with Gasteiger partial charge in [-0.15, -0.1) is 0 Å². The summed E-state index contributed by atoms with van der Waals surface area (Å²) < 4.78 is 10.1. The third-order valence-corrected chi connectivity index (χ3v) is 5.45. The number of rotatable bonds is 6. The van der Waals surface area contributed by atoms with Gasteiger partial charge in [-0.3, -0.25) is 4.79 Å². The van der Waals surface area contributed by atoms with Gasteiger partial charge in [-0.2, -0.15) is 0 Å². The van der Waals surface area contributed by atoms with Crippen molar-refractivity contribution in [2.75, 3.05) is 14.2 Å². The fraction of sp³-hybridized carbons (Fsp3) is 0.160. The number of carbonyl (C=O) groups is 2. The van der Waals surface area contributed by atoms with Crippen LogP contribution in [0.2, 0.25) is 5.02 Å². The van der Waals surface area contributed by atoms with Crippen LogP contribution in [0, 0.1) is 0 Å². The van der Waals surface area contributed by atoms with Gasteiger partial charge in [-0.05, 0) is 40.1 Å². The summed E-state index contributed by atoms with van der Waals surface area (Å²) in [5.74, 6) is -0.524. The van der Waals surface area contributed by atoms with Crippen LogP contribution in [0.3, 0.4) is 0 Å². The molecule has 1 amide bonds. The second-order valence-corrected chi connectivity index (χ2v) is 7.70. The second kappa shape index (κ2) is 9.24. The van der Waals surface area contributed by atoms with E-state index in [9.17, 15) is 9.59 Å². The number of carbonyl (C=O) groups excluding carboxylic acids is 2. The molecule has 1 aromatic heterocycles. The maximum atomic E-state index is 12.7. The number of ether oxygens (including phenoxy) is 2. The smallest absolute Gasteiger partial charge is 0.343 e. The zero-order valence-corrected chi connectivity index (χ0v) is 18.4. The van der Waals surface area contributed by atoms with E-state index in [0.717, 1.165) is 16.3 Å². The van der Waals surface area contributed by atoms with Gasteiger partial charge >= 0.3 is 5.97 Å². The Morgan fingerprint density at radius 1 is 0.969 bits per heavy atom. The molecule has 0 aliphatic carbocycles. The first kappa shape index (κ1) is 21.6. The predicted molar refractivity (Wildman–Crippen MR) is 124 cm³/mol. The van der Waals surface area contributed by atoms with Crippen molar-refractivity contribution in [2.45, 2.75) is 13.0 Å². The molecule has 4 aromatic rings. The zero-order valence-electron chi connectivity index (χ0n) is 17.6. The Kier molecular flexibility index (Phi) is 6.23. The van der Waals surface area contributed by atoms with Gasteiger partial charge in [-0.1, -0.05) is 54.1 Å². The fourth-order valence-electron chi connectivity index (χ4n) is 3.73. The van der Waals surface area contributed by atoms with Gasteiger partial charge in [0.15, 0.2) is 0 Å². The lowest BCUT2D eigenvalue weighted by atomic mass is 10.0. The Morgan fingerprint density at radius 2 is 1.75 bits per heavy atom. The number of pyridine rings is 1. The highest BCUT2D eigenvalue weighted by Gasteiger charge is 2.18. The molecule has 6 nitrogen and oxygen atoms in total. The molecule has 0 aliphatic heterocycles. The van der Waals surface area contributed by atoms with E-state index < -0.39 is 5.97 Å². The van der Waals surface area contributed by atoms with Gasteiger partial charge in [0, 0.05) is 17.0 Å². The van der Waals surface area contributed by atoms with Crippen LogP contribution in [0.5, 0.6) is 5.88 Å². The normalized spacial score (nSPS) is 10.8. The summed E-state index contributed by atoms with van der Waals surface area (Å²) in [6, 6.07) is 19.0. The minimum Gasteiger partial charge on any atom is -0.480 e. The van der Waals surface area contributed by atoms with Gasteiger partial charge in [0.1, 0.15) is 5.56 Å². The molecule has 0 saturated heterocycles. The Morgan fingerprint density at radius 3 is 2.53 bits per heavy atom. The lowest BCUT2D eigenvalue weighted by Gasteiger charge is -2.13. The minimum atomic E-state index is -0.554. The van der Waals surface area contributed by atoms with Crippen molar-refractivity contribution in [3.63, 3.8) is 0 Å². The molecule has 0 radical (unpaired) electrons.